The third kappa shape index (κ3) is 4.29. The van der Waals surface area contributed by atoms with Crippen LogP contribution in [-0.4, -0.2) is 54.3 Å². The molecule has 5 rings (SSSR count). The molecule has 3 aromatic rings. The molecule has 1 aromatic heterocycles. The van der Waals surface area contributed by atoms with Gasteiger partial charge in [0, 0.05) is 48.3 Å². The quantitative estimate of drug-likeness (QED) is 0.524. The second kappa shape index (κ2) is 9.24. The maximum absolute atomic E-state index is 13.7. The maximum Gasteiger partial charge on any atom is 0.243 e. The largest absolute Gasteiger partial charge is 0.341 e. The third-order valence-corrected chi connectivity index (χ3v) is 9.10. The molecule has 0 atom stereocenters. The van der Waals surface area contributed by atoms with Crippen LogP contribution in [0.5, 0.6) is 0 Å². The Hall–Kier alpha value is -2.97. The molecule has 1 saturated heterocycles. The molecular weight excluding hydrogens is 465 g/mol. The Balaban J connectivity index is 1.45. The van der Waals surface area contributed by atoms with Crippen molar-refractivity contribution in [2.45, 2.75) is 44.6 Å². The molecular formula is C27H30FN3O3S. The van der Waals surface area contributed by atoms with E-state index in [4.69, 9.17) is 0 Å². The Bertz CT molecular complexity index is 1440. The van der Waals surface area contributed by atoms with Gasteiger partial charge in [-0.1, -0.05) is 24.3 Å². The Morgan fingerprint density at radius 1 is 1.03 bits per heavy atom. The van der Waals surface area contributed by atoms with Crippen LogP contribution in [0.1, 0.15) is 36.1 Å². The van der Waals surface area contributed by atoms with E-state index in [0.717, 1.165) is 53.7 Å². The standard InChI is InChI=1S/C27H30FN3O3S/c1-19-17-22(9-10-24(19)28)35(33,34)30-15-11-21(12-16-30)27-20(2)31(25-8-4-3-7-23(25)27)18-26(32)29-13-5-6-14-29/h3-4,7-11,17H,5-6,12-16,18H2,1-2H3. The number of aromatic nitrogens is 1. The zero-order chi connectivity index (χ0) is 24.7. The summed E-state index contributed by atoms with van der Waals surface area (Å²) in [5, 5.41) is 1.08. The van der Waals surface area contributed by atoms with Crippen molar-refractivity contribution in [2.24, 2.45) is 0 Å². The molecule has 35 heavy (non-hydrogen) atoms. The minimum atomic E-state index is -3.71. The highest BCUT2D eigenvalue weighted by Gasteiger charge is 2.29. The first-order valence-electron chi connectivity index (χ1n) is 12.1. The Labute approximate surface area is 205 Å². The molecule has 184 valence electrons. The van der Waals surface area contributed by atoms with Gasteiger partial charge in [0.2, 0.25) is 15.9 Å². The van der Waals surface area contributed by atoms with E-state index in [-0.39, 0.29) is 17.3 Å². The number of aryl methyl sites for hydroxylation is 1. The van der Waals surface area contributed by atoms with Gasteiger partial charge in [-0.15, -0.1) is 0 Å². The number of hydrogen-bond donors (Lipinski definition) is 0. The van der Waals surface area contributed by atoms with Gasteiger partial charge in [-0.2, -0.15) is 4.31 Å². The number of rotatable bonds is 5. The van der Waals surface area contributed by atoms with Crippen molar-refractivity contribution in [2.75, 3.05) is 26.2 Å². The third-order valence-electron chi connectivity index (χ3n) is 7.24. The normalized spacial score (nSPS) is 17.2. The van der Waals surface area contributed by atoms with Gasteiger partial charge in [-0.05, 0) is 68.5 Å². The number of halogens is 1. The van der Waals surface area contributed by atoms with Crippen molar-refractivity contribution >= 4 is 32.4 Å². The molecule has 0 unspecified atom stereocenters. The van der Waals surface area contributed by atoms with Gasteiger partial charge in [0.15, 0.2) is 0 Å². The lowest BCUT2D eigenvalue weighted by Crippen LogP contribution is -2.34. The number of carbonyl (C=O) groups is 1. The number of amides is 1. The Morgan fingerprint density at radius 3 is 2.46 bits per heavy atom. The number of hydrogen-bond acceptors (Lipinski definition) is 3. The lowest BCUT2D eigenvalue weighted by molar-refractivity contribution is -0.130. The van der Waals surface area contributed by atoms with E-state index in [9.17, 15) is 17.6 Å². The van der Waals surface area contributed by atoms with Crippen LogP contribution in [-0.2, 0) is 21.4 Å². The first-order valence-corrected chi connectivity index (χ1v) is 13.5. The molecule has 0 saturated carbocycles. The Kier molecular flexibility index (Phi) is 6.27. The molecule has 2 aliphatic rings. The number of fused-ring (bicyclic) bond motifs is 1. The average molecular weight is 496 g/mol. The van der Waals surface area contributed by atoms with Crippen LogP contribution in [0.4, 0.5) is 4.39 Å². The molecule has 1 amide bonds. The summed E-state index contributed by atoms with van der Waals surface area (Å²) < 4.78 is 43.5. The predicted octanol–water partition coefficient (Wildman–Crippen LogP) is 4.50. The average Bonchev–Trinajstić information content (AvgIpc) is 3.48. The Morgan fingerprint density at radius 2 is 1.77 bits per heavy atom. The lowest BCUT2D eigenvalue weighted by Gasteiger charge is -2.26. The highest BCUT2D eigenvalue weighted by atomic mass is 32.2. The molecule has 6 nitrogen and oxygen atoms in total. The minimum absolute atomic E-state index is 0.112. The summed E-state index contributed by atoms with van der Waals surface area (Å²) in [5.41, 5.74) is 4.53. The second-order valence-corrected chi connectivity index (χ2v) is 11.3. The van der Waals surface area contributed by atoms with Gasteiger partial charge in [-0.3, -0.25) is 4.79 Å². The van der Waals surface area contributed by atoms with E-state index < -0.39 is 15.8 Å². The van der Waals surface area contributed by atoms with Gasteiger partial charge in [0.1, 0.15) is 12.4 Å². The molecule has 3 heterocycles. The summed E-state index contributed by atoms with van der Waals surface area (Å²) >= 11 is 0. The molecule has 1 fully saturated rings. The molecule has 0 spiro atoms. The number of para-hydroxylation sites is 1. The fourth-order valence-corrected chi connectivity index (χ4v) is 6.73. The molecule has 0 bridgehead atoms. The summed E-state index contributed by atoms with van der Waals surface area (Å²) in [6.07, 6.45) is 4.66. The molecule has 0 radical (unpaired) electrons. The highest BCUT2D eigenvalue weighted by molar-refractivity contribution is 7.89. The van der Waals surface area contributed by atoms with Crippen LogP contribution in [0.2, 0.25) is 0 Å². The van der Waals surface area contributed by atoms with Crippen LogP contribution >= 0.6 is 0 Å². The van der Waals surface area contributed by atoms with E-state index in [0.29, 0.717) is 25.1 Å². The first kappa shape index (κ1) is 23.8. The van der Waals surface area contributed by atoms with E-state index in [1.54, 1.807) is 6.92 Å². The fourth-order valence-electron chi connectivity index (χ4n) is 5.26. The zero-order valence-corrected chi connectivity index (χ0v) is 20.9. The topological polar surface area (TPSA) is 62.6 Å². The monoisotopic (exact) mass is 495 g/mol. The van der Waals surface area contributed by atoms with Crippen LogP contribution in [0.25, 0.3) is 16.5 Å². The SMILES string of the molecule is Cc1cc(S(=O)(=O)N2CC=C(c3c(C)n(CC(=O)N4CCCC4)c4ccccc34)CC2)ccc1F. The zero-order valence-electron chi connectivity index (χ0n) is 20.1. The number of sulfonamides is 1. The lowest BCUT2D eigenvalue weighted by atomic mass is 9.97. The number of carbonyl (C=O) groups excluding carboxylic acids is 1. The van der Waals surface area contributed by atoms with Crippen LogP contribution in [0, 0.1) is 19.7 Å². The van der Waals surface area contributed by atoms with Gasteiger partial charge >= 0.3 is 0 Å². The number of likely N-dealkylation sites (tertiary alicyclic amines) is 1. The van der Waals surface area contributed by atoms with E-state index >= 15 is 0 Å². The van der Waals surface area contributed by atoms with Crippen molar-refractivity contribution in [3.63, 3.8) is 0 Å². The van der Waals surface area contributed by atoms with Crippen molar-refractivity contribution in [1.82, 2.24) is 13.8 Å². The van der Waals surface area contributed by atoms with E-state index in [1.165, 1.54) is 22.5 Å². The molecule has 2 aromatic carbocycles. The molecule has 0 N–H and O–H groups in total. The second-order valence-electron chi connectivity index (χ2n) is 9.41. The van der Waals surface area contributed by atoms with Crippen LogP contribution < -0.4 is 0 Å². The molecule has 8 heteroatoms. The maximum atomic E-state index is 13.7. The summed E-state index contributed by atoms with van der Waals surface area (Å²) in [4.78, 5) is 15.0. The van der Waals surface area contributed by atoms with Gasteiger partial charge in [0.25, 0.3) is 0 Å². The molecule has 2 aliphatic heterocycles. The van der Waals surface area contributed by atoms with E-state index in [2.05, 4.69) is 10.6 Å². The van der Waals surface area contributed by atoms with Crippen molar-refractivity contribution in [3.8, 4) is 0 Å². The minimum Gasteiger partial charge on any atom is -0.341 e. The fraction of sp³-hybridized carbons (Fsp3) is 0.370. The number of nitrogens with zero attached hydrogens (tertiary/aromatic N) is 3. The van der Waals surface area contributed by atoms with Crippen molar-refractivity contribution in [1.29, 1.82) is 0 Å². The predicted molar refractivity (Wildman–Crippen MR) is 135 cm³/mol. The van der Waals surface area contributed by atoms with Crippen LogP contribution in [0.3, 0.4) is 0 Å². The van der Waals surface area contributed by atoms with Crippen molar-refractivity contribution < 1.29 is 17.6 Å². The van der Waals surface area contributed by atoms with Gasteiger partial charge in [0.05, 0.1) is 4.90 Å². The summed E-state index contributed by atoms with van der Waals surface area (Å²) in [7, 11) is -3.71. The molecule has 0 aliphatic carbocycles. The first-order chi connectivity index (χ1) is 16.8. The summed E-state index contributed by atoms with van der Waals surface area (Å²) in [6, 6.07) is 12.0. The van der Waals surface area contributed by atoms with Crippen LogP contribution in [0.15, 0.2) is 53.4 Å². The van der Waals surface area contributed by atoms with Gasteiger partial charge < -0.3 is 9.47 Å². The van der Waals surface area contributed by atoms with Crippen molar-refractivity contribution in [3.05, 3.63) is 71.2 Å². The number of benzene rings is 2. The van der Waals surface area contributed by atoms with E-state index in [1.807, 2.05) is 36.1 Å². The summed E-state index contributed by atoms with van der Waals surface area (Å²) in [6.45, 7) is 6.16. The summed E-state index contributed by atoms with van der Waals surface area (Å²) in [5.74, 6) is -0.276. The van der Waals surface area contributed by atoms with Gasteiger partial charge in [-0.25, -0.2) is 12.8 Å². The smallest absolute Gasteiger partial charge is 0.243 e. The highest BCUT2D eigenvalue weighted by Crippen LogP contribution is 2.35.